The van der Waals surface area contributed by atoms with E-state index in [2.05, 4.69) is 4.98 Å². The summed E-state index contributed by atoms with van der Waals surface area (Å²) in [5.74, 6) is 0. The Bertz CT molecular complexity index is 842. The number of nitrogens with zero attached hydrogens (tertiary/aromatic N) is 1. The summed E-state index contributed by atoms with van der Waals surface area (Å²) in [4.78, 5) is 5.02. The maximum absolute atomic E-state index is 12.2. The van der Waals surface area contributed by atoms with Gasteiger partial charge >= 0.3 is 0 Å². The Balaban J connectivity index is 2.15. The fourth-order valence-corrected chi connectivity index (χ4v) is 3.80. The van der Waals surface area contributed by atoms with E-state index in [4.69, 9.17) is 8.22 Å². The highest BCUT2D eigenvalue weighted by Gasteiger charge is 2.24. The van der Waals surface area contributed by atoms with Crippen molar-refractivity contribution in [3.63, 3.8) is 0 Å². The highest BCUT2D eigenvalue weighted by molar-refractivity contribution is 7.84. The molecule has 1 saturated heterocycles. The van der Waals surface area contributed by atoms with Gasteiger partial charge in [-0.3, -0.25) is 4.21 Å². The van der Waals surface area contributed by atoms with E-state index < -0.39 is 24.6 Å². The molecule has 2 atom stereocenters. The van der Waals surface area contributed by atoms with Crippen LogP contribution in [0.2, 0.25) is 0 Å². The van der Waals surface area contributed by atoms with Crippen molar-refractivity contribution < 1.29 is 12.4 Å². The molecular weight excluding hydrogens is 268 g/mol. The second-order valence-corrected chi connectivity index (χ2v) is 6.65. The molecule has 20 heavy (non-hydrogen) atoms. The predicted molar refractivity (Wildman–Crippen MR) is 84.7 cm³/mol. The number of likely N-dealkylation sites (N-methyl/N-ethyl adjacent to an activating group) is 1. The van der Waals surface area contributed by atoms with E-state index in [0.29, 0.717) is 40.7 Å². The maximum Gasteiger partial charge on any atom is 0.0505 e. The number of nitrogens with one attached hydrogen (secondary N) is 1. The van der Waals surface area contributed by atoms with E-state index in [1.165, 1.54) is 4.90 Å². The van der Waals surface area contributed by atoms with E-state index in [0.717, 1.165) is 6.42 Å². The standard InChI is InChI=1S/C16H22N2OS/c1-11-13(10-12-6-5-9-18(12)2)16-14(17-11)7-4-8-15(16)20(3)19/h4,7-8,12,17H,5-6,9-10H2,1-3H3/t12-,20?/m1/s1/i1D3,2D3. The molecule has 1 fully saturated rings. The summed E-state index contributed by atoms with van der Waals surface area (Å²) in [5, 5.41) is 0.650. The minimum Gasteiger partial charge on any atom is -0.358 e. The third-order valence-electron chi connectivity index (χ3n) is 4.02. The van der Waals surface area contributed by atoms with Crippen molar-refractivity contribution in [1.29, 1.82) is 0 Å². The van der Waals surface area contributed by atoms with E-state index in [1.54, 1.807) is 24.5 Å². The zero-order valence-electron chi connectivity index (χ0n) is 17.4. The predicted octanol–water partition coefficient (Wildman–Crippen LogP) is 2.85. The smallest absolute Gasteiger partial charge is 0.0505 e. The van der Waals surface area contributed by atoms with Crippen molar-refractivity contribution in [3.05, 3.63) is 29.5 Å². The molecule has 3 rings (SSSR count). The number of aromatic nitrogens is 1. The lowest BCUT2D eigenvalue weighted by molar-refractivity contribution is 0.309. The van der Waals surface area contributed by atoms with Crippen LogP contribution in [0.1, 0.15) is 32.3 Å². The number of hydrogen-bond acceptors (Lipinski definition) is 2. The number of likely N-dealkylation sites (tertiary alicyclic amines) is 1. The maximum atomic E-state index is 12.2. The van der Waals surface area contributed by atoms with Gasteiger partial charge in [0.2, 0.25) is 0 Å². The Hall–Kier alpha value is -1.13. The molecule has 2 heterocycles. The van der Waals surface area contributed by atoms with Crippen LogP contribution in [0.5, 0.6) is 0 Å². The third kappa shape index (κ3) is 2.31. The Morgan fingerprint density at radius 3 is 3.20 bits per heavy atom. The molecule has 0 spiro atoms. The lowest BCUT2D eigenvalue weighted by atomic mass is 10.0. The lowest BCUT2D eigenvalue weighted by Crippen LogP contribution is -2.27. The highest BCUT2D eigenvalue weighted by Crippen LogP contribution is 2.31. The molecular formula is C16H22N2OS. The molecule has 0 saturated carbocycles. The van der Waals surface area contributed by atoms with Crippen LogP contribution in [0.15, 0.2) is 23.1 Å². The molecule has 1 unspecified atom stereocenters. The van der Waals surface area contributed by atoms with Crippen LogP contribution in [0.4, 0.5) is 0 Å². The number of H-pyrrole nitrogens is 1. The fraction of sp³-hybridized carbons (Fsp3) is 0.500. The first kappa shape index (κ1) is 8.35. The first-order valence-corrected chi connectivity index (χ1v) is 8.30. The molecule has 108 valence electrons. The Kier molecular flexibility index (Phi) is 2.23. The molecule has 1 aliphatic heterocycles. The molecule has 1 aromatic heterocycles. The Morgan fingerprint density at radius 1 is 1.55 bits per heavy atom. The minimum absolute atomic E-state index is 0.114. The normalized spacial score (nSPS) is 27.4. The van der Waals surface area contributed by atoms with Crippen molar-refractivity contribution in [3.8, 4) is 0 Å². The zero-order chi connectivity index (χ0) is 19.3. The number of aromatic amines is 1. The van der Waals surface area contributed by atoms with Crippen LogP contribution in [0, 0.1) is 6.85 Å². The van der Waals surface area contributed by atoms with Gasteiger partial charge in [-0.05, 0) is 57.3 Å². The first-order valence-electron chi connectivity index (χ1n) is 9.74. The third-order valence-corrected chi connectivity index (χ3v) is 4.98. The van der Waals surface area contributed by atoms with Gasteiger partial charge in [0.05, 0.1) is 10.8 Å². The summed E-state index contributed by atoms with van der Waals surface area (Å²) >= 11 is 0. The number of fused-ring (bicyclic) bond motifs is 1. The molecule has 0 radical (unpaired) electrons. The minimum atomic E-state index is -2.36. The van der Waals surface area contributed by atoms with Crippen molar-refractivity contribution in [2.45, 2.75) is 37.1 Å². The van der Waals surface area contributed by atoms with Crippen molar-refractivity contribution in [2.75, 3.05) is 19.8 Å². The van der Waals surface area contributed by atoms with Crippen LogP contribution in [-0.2, 0) is 17.2 Å². The fourth-order valence-electron chi connectivity index (χ4n) is 3.01. The number of aryl methyl sites for hydroxylation is 1. The summed E-state index contributed by atoms with van der Waals surface area (Å²) in [6.07, 6.45) is 3.33. The van der Waals surface area contributed by atoms with Crippen LogP contribution in [0.25, 0.3) is 10.9 Å². The Labute approximate surface area is 131 Å². The highest BCUT2D eigenvalue weighted by atomic mass is 32.2. The van der Waals surface area contributed by atoms with E-state index in [9.17, 15) is 4.21 Å². The van der Waals surface area contributed by atoms with Gasteiger partial charge in [-0.25, -0.2) is 0 Å². The summed E-state index contributed by atoms with van der Waals surface area (Å²) in [7, 11) is -1.28. The van der Waals surface area contributed by atoms with Crippen LogP contribution in [-0.4, -0.2) is 39.9 Å². The van der Waals surface area contributed by atoms with Gasteiger partial charge in [0.25, 0.3) is 0 Å². The molecule has 3 nitrogen and oxygen atoms in total. The topological polar surface area (TPSA) is 36.1 Å². The van der Waals surface area contributed by atoms with Crippen molar-refractivity contribution in [2.24, 2.45) is 0 Å². The monoisotopic (exact) mass is 296 g/mol. The van der Waals surface area contributed by atoms with Gasteiger partial charge in [-0.1, -0.05) is 6.07 Å². The number of rotatable bonds is 3. The Morgan fingerprint density at radius 2 is 2.45 bits per heavy atom. The van der Waals surface area contributed by atoms with Crippen LogP contribution in [0.3, 0.4) is 0 Å². The molecule has 0 aliphatic carbocycles. The lowest BCUT2D eigenvalue weighted by Gasteiger charge is -2.19. The molecule has 1 aliphatic rings. The number of benzene rings is 1. The average Bonchev–Trinajstić information content (AvgIpc) is 3.11. The molecule has 1 N–H and O–H groups in total. The molecule has 0 bridgehead atoms. The molecule has 2 aromatic rings. The first-order chi connectivity index (χ1) is 12.0. The molecule has 1 aromatic carbocycles. The van der Waals surface area contributed by atoms with Crippen LogP contribution < -0.4 is 0 Å². The zero-order valence-corrected chi connectivity index (χ0v) is 12.2. The van der Waals surface area contributed by atoms with Gasteiger partial charge < -0.3 is 9.88 Å². The summed E-state index contributed by atoms with van der Waals surface area (Å²) in [6.45, 7) is -4.09. The van der Waals surface area contributed by atoms with E-state index in [1.807, 2.05) is 0 Å². The van der Waals surface area contributed by atoms with E-state index in [-0.39, 0.29) is 11.7 Å². The van der Waals surface area contributed by atoms with Gasteiger partial charge in [0.15, 0.2) is 0 Å². The van der Waals surface area contributed by atoms with Crippen molar-refractivity contribution >= 4 is 21.7 Å². The molecule has 0 amide bonds. The van der Waals surface area contributed by atoms with Crippen molar-refractivity contribution in [1.82, 2.24) is 9.88 Å². The average molecular weight is 296 g/mol. The second-order valence-electron chi connectivity index (χ2n) is 5.30. The quantitative estimate of drug-likeness (QED) is 0.945. The van der Waals surface area contributed by atoms with Gasteiger partial charge in [0.1, 0.15) is 0 Å². The SMILES string of the molecule is [2H]C([2H])([2H])c1[nH]c2cccc(S(C)=O)c2c1C[C@H]1CCCN1C([2H])([2H])[2H]. The second kappa shape index (κ2) is 5.34. The van der Waals surface area contributed by atoms with Gasteiger partial charge in [-0.2, -0.15) is 0 Å². The number of hydrogen-bond donors (Lipinski definition) is 1. The van der Waals surface area contributed by atoms with Gasteiger partial charge in [-0.15, -0.1) is 0 Å². The summed E-state index contributed by atoms with van der Waals surface area (Å²) in [6, 6.07) is 4.98. The largest absolute Gasteiger partial charge is 0.358 e. The van der Waals surface area contributed by atoms with Crippen LogP contribution >= 0.6 is 0 Å². The van der Waals surface area contributed by atoms with E-state index >= 15 is 0 Å². The summed E-state index contributed by atoms with van der Waals surface area (Å²) < 4.78 is 59.0. The summed E-state index contributed by atoms with van der Waals surface area (Å²) in [5.41, 5.74) is 1.30. The van der Waals surface area contributed by atoms with Gasteiger partial charge in [0, 0.05) is 42.0 Å². The molecule has 4 heteroatoms.